The van der Waals surface area contributed by atoms with Crippen LogP contribution in [0.4, 0.5) is 5.69 Å². The third-order valence-corrected chi connectivity index (χ3v) is 3.76. The fourth-order valence-corrected chi connectivity index (χ4v) is 2.29. The van der Waals surface area contributed by atoms with Crippen molar-refractivity contribution >= 4 is 63.8 Å². The highest BCUT2D eigenvalue weighted by molar-refractivity contribution is 6.54. The lowest BCUT2D eigenvalue weighted by Crippen LogP contribution is -2.20. The average molecular weight is 377 g/mol. The Labute approximate surface area is 147 Å². The Morgan fingerprint density at radius 3 is 2.27 bits per heavy atom. The number of nitrogens with one attached hydrogen (secondary N) is 1. The molecule has 2 aromatic carbocycles. The summed E-state index contributed by atoms with van der Waals surface area (Å²) in [6, 6.07) is 11.1. The summed E-state index contributed by atoms with van der Waals surface area (Å²) in [5.74, 6) is -1.01. The predicted octanol–water partition coefficient (Wildman–Crippen LogP) is 4.97. The molecule has 0 saturated carbocycles. The molecule has 0 fully saturated rings. The summed E-state index contributed by atoms with van der Waals surface area (Å²) in [6.45, 7) is 0. The maximum atomic E-state index is 12.6. The van der Waals surface area contributed by atoms with Crippen molar-refractivity contribution in [2.45, 2.75) is 4.84 Å². The Morgan fingerprint density at radius 2 is 1.64 bits per heavy atom. The number of amides is 1. The van der Waals surface area contributed by atoms with Crippen LogP contribution in [0.15, 0.2) is 42.5 Å². The molecule has 0 atom stereocenters. The van der Waals surface area contributed by atoms with Crippen molar-refractivity contribution in [2.24, 2.45) is 0 Å². The quantitative estimate of drug-likeness (QED) is 0.605. The van der Waals surface area contributed by atoms with Crippen molar-refractivity contribution in [1.29, 1.82) is 0 Å². The summed E-state index contributed by atoms with van der Waals surface area (Å²) in [4.78, 5) is 23.0. The van der Waals surface area contributed by atoms with Crippen LogP contribution in [0, 0.1) is 0 Å². The van der Waals surface area contributed by atoms with E-state index in [1.807, 2.05) is 0 Å². The normalized spacial score (nSPS) is 10.6. The summed E-state index contributed by atoms with van der Waals surface area (Å²) in [6.07, 6.45) is 0. The molecule has 0 radical (unpaired) electrons. The summed E-state index contributed by atoms with van der Waals surface area (Å²) < 4.78 is 0. The first-order chi connectivity index (χ1) is 10.4. The van der Waals surface area contributed by atoms with Gasteiger partial charge in [-0.15, -0.1) is 0 Å². The van der Waals surface area contributed by atoms with Gasteiger partial charge in [-0.05, 0) is 30.3 Å². The second-order valence-corrected chi connectivity index (χ2v) is 6.23. The van der Waals surface area contributed by atoms with Gasteiger partial charge in [0.05, 0.1) is 10.7 Å². The Kier molecular flexibility index (Phi) is 5.70. The maximum absolute atomic E-state index is 12.6. The fraction of sp³-hybridized carbons (Fsp3) is 0.0667. The third kappa shape index (κ3) is 3.93. The van der Waals surface area contributed by atoms with Gasteiger partial charge >= 0.3 is 0 Å². The molecule has 22 heavy (non-hydrogen) atoms. The predicted molar refractivity (Wildman–Crippen MR) is 90.5 cm³/mol. The number of carbonyl (C=O) groups is 2. The van der Waals surface area contributed by atoms with E-state index in [0.29, 0.717) is 15.6 Å². The number of rotatable bonds is 4. The van der Waals surface area contributed by atoms with E-state index in [2.05, 4.69) is 5.32 Å². The highest BCUT2D eigenvalue weighted by atomic mass is 35.5. The first kappa shape index (κ1) is 17.1. The Bertz CT molecular complexity index is 731. The maximum Gasteiger partial charge on any atom is 0.257 e. The van der Waals surface area contributed by atoms with Crippen LogP contribution >= 0.6 is 46.4 Å². The van der Waals surface area contributed by atoms with Crippen molar-refractivity contribution in [3.05, 3.63) is 63.6 Å². The number of hydrogen-bond acceptors (Lipinski definition) is 2. The van der Waals surface area contributed by atoms with Gasteiger partial charge in [0.25, 0.3) is 5.91 Å². The van der Waals surface area contributed by atoms with Gasteiger partial charge in [-0.1, -0.05) is 58.5 Å². The molecule has 0 aliphatic rings. The van der Waals surface area contributed by atoms with Crippen LogP contribution in [0.1, 0.15) is 15.9 Å². The van der Waals surface area contributed by atoms with E-state index in [-0.39, 0.29) is 17.0 Å². The largest absolute Gasteiger partial charge is 0.323 e. The molecule has 7 heteroatoms. The molecule has 2 rings (SSSR count). The molecule has 114 valence electrons. The number of benzene rings is 2. The lowest BCUT2D eigenvalue weighted by atomic mass is 10.0. The molecule has 1 amide bonds. The van der Waals surface area contributed by atoms with Crippen molar-refractivity contribution in [3.8, 4) is 0 Å². The number of alkyl halides is 2. The molecule has 0 saturated heterocycles. The zero-order valence-corrected chi connectivity index (χ0v) is 14.0. The van der Waals surface area contributed by atoms with Crippen LogP contribution < -0.4 is 5.32 Å². The van der Waals surface area contributed by atoms with Crippen molar-refractivity contribution in [3.63, 3.8) is 0 Å². The van der Waals surface area contributed by atoms with E-state index in [0.717, 1.165) is 0 Å². The lowest BCUT2D eigenvalue weighted by molar-refractivity contribution is -0.114. The molecular weight excluding hydrogens is 368 g/mol. The summed E-state index contributed by atoms with van der Waals surface area (Å²) in [5, 5.41) is 3.13. The summed E-state index contributed by atoms with van der Waals surface area (Å²) in [5.41, 5.74) is 0.754. The van der Waals surface area contributed by atoms with Gasteiger partial charge in [0, 0.05) is 16.1 Å². The van der Waals surface area contributed by atoms with Gasteiger partial charge in [-0.25, -0.2) is 0 Å². The van der Waals surface area contributed by atoms with E-state index in [9.17, 15) is 9.59 Å². The van der Waals surface area contributed by atoms with Gasteiger partial charge in [0.1, 0.15) is 0 Å². The molecule has 0 spiro atoms. The second kappa shape index (κ2) is 7.34. The zero-order chi connectivity index (χ0) is 16.3. The van der Waals surface area contributed by atoms with Crippen LogP contribution in [-0.4, -0.2) is 16.5 Å². The standard InChI is InChI=1S/C15H9Cl4NO2/c16-8-5-6-12(20-15(22)14(18)19)10(7-8)13(21)9-3-1-2-4-11(9)17/h1-7,14H,(H,20,22). The molecule has 3 nitrogen and oxygen atoms in total. The van der Waals surface area contributed by atoms with E-state index < -0.39 is 10.7 Å². The van der Waals surface area contributed by atoms with Crippen LogP contribution in [0.5, 0.6) is 0 Å². The molecule has 1 N–H and O–H groups in total. The van der Waals surface area contributed by atoms with E-state index in [1.165, 1.54) is 18.2 Å². The van der Waals surface area contributed by atoms with Crippen LogP contribution in [-0.2, 0) is 4.79 Å². The molecule has 2 aromatic rings. The summed E-state index contributed by atoms with van der Waals surface area (Å²) in [7, 11) is 0. The van der Waals surface area contributed by atoms with Gasteiger partial charge in [0.2, 0.25) is 0 Å². The van der Waals surface area contributed by atoms with Gasteiger partial charge in [-0.2, -0.15) is 0 Å². The first-order valence-electron chi connectivity index (χ1n) is 6.08. The number of hydrogen-bond donors (Lipinski definition) is 1. The van der Waals surface area contributed by atoms with Gasteiger partial charge in [-0.3, -0.25) is 9.59 Å². The van der Waals surface area contributed by atoms with Gasteiger partial charge < -0.3 is 5.32 Å². The van der Waals surface area contributed by atoms with Gasteiger partial charge in [0.15, 0.2) is 10.6 Å². The number of anilines is 1. The highest BCUT2D eigenvalue weighted by Crippen LogP contribution is 2.27. The van der Waals surface area contributed by atoms with E-state index >= 15 is 0 Å². The average Bonchev–Trinajstić information content (AvgIpc) is 2.48. The van der Waals surface area contributed by atoms with Crippen LogP contribution in [0.3, 0.4) is 0 Å². The SMILES string of the molecule is O=C(c1ccccc1Cl)c1cc(Cl)ccc1NC(=O)C(Cl)Cl. The smallest absolute Gasteiger partial charge is 0.257 e. The topological polar surface area (TPSA) is 46.2 Å². The monoisotopic (exact) mass is 375 g/mol. The Balaban J connectivity index is 2.45. The highest BCUT2D eigenvalue weighted by Gasteiger charge is 2.19. The Hall–Kier alpha value is -1.26. The molecule has 0 aliphatic heterocycles. The number of ketones is 1. The second-order valence-electron chi connectivity index (χ2n) is 4.29. The zero-order valence-electron chi connectivity index (χ0n) is 10.9. The molecule has 0 heterocycles. The van der Waals surface area contributed by atoms with Crippen molar-refractivity contribution in [2.75, 3.05) is 5.32 Å². The third-order valence-electron chi connectivity index (χ3n) is 2.80. The van der Waals surface area contributed by atoms with E-state index in [4.69, 9.17) is 46.4 Å². The molecule has 0 unspecified atom stereocenters. The fourth-order valence-electron chi connectivity index (χ4n) is 1.79. The minimum atomic E-state index is -1.25. The van der Waals surface area contributed by atoms with Crippen LogP contribution in [0.25, 0.3) is 0 Å². The van der Waals surface area contributed by atoms with Crippen molar-refractivity contribution in [1.82, 2.24) is 0 Å². The van der Waals surface area contributed by atoms with Crippen LogP contribution in [0.2, 0.25) is 10.0 Å². The Morgan fingerprint density at radius 1 is 0.955 bits per heavy atom. The summed E-state index contributed by atoms with van der Waals surface area (Å²) >= 11 is 23.0. The molecule has 0 bridgehead atoms. The number of halogens is 4. The van der Waals surface area contributed by atoms with E-state index in [1.54, 1.807) is 24.3 Å². The minimum absolute atomic E-state index is 0.197. The minimum Gasteiger partial charge on any atom is -0.323 e. The van der Waals surface area contributed by atoms with Crippen molar-refractivity contribution < 1.29 is 9.59 Å². The first-order valence-corrected chi connectivity index (χ1v) is 7.71. The molecule has 0 aromatic heterocycles. The molecular formula is C15H9Cl4NO2. The molecule has 0 aliphatic carbocycles. The lowest BCUT2D eigenvalue weighted by Gasteiger charge is -2.12. The number of carbonyl (C=O) groups excluding carboxylic acids is 2.